The lowest BCUT2D eigenvalue weighted by atomic mass is 9.67. The molecule has 6 aromatic rings. The van der Waals surface area contributed by atoms with Gasteiger partial charge in [-0.3, -0.25) is 0 Å². The van der Waals surface area contributed by atoms with Crippen LogP contribution in [0.2, 0.25) is 0 Å². The average molecular weight is 726 g/mol. The Morgan fingerprint density at radius 1 is 0.821 bits per heavy atom. The predicted octanol–water partition coefficient (Wildman–Crippen LogP) is 13.8. The Morgan fingerprint density at radius 2 is 1.64 bits per heavy atom. The van der Waals surface area contributed by atoms with Crippen molar-refractivity contribution >= 4 is 51.5 Å². The van der Waals surface area contributed by atoms with E-state index in [0.717, 1.165) is 58.5 Å². The van der Waals surface area contributed by atoms with E-state index < -0.39 is 0 Å². The summed E-state index contributed by atoms with van der Waals surface area (Å²) in [6.07, 6.45) is 26.2. The van der Waals surface area contributed by atoms with E-state index in [1.807, 2.05) is 37.3 Å². The molecule has 0 N–H and O–H groups in total. The van der Waals surface area contributed by atoms with Crippen molar-refractivity contribution in [2.24, 2.45) is 5.41 Å². The Bertz CT molecular complexity index is 2720. The molecule has 272 valence electrons. The normalized spacial score (nSPS) is 19.1. The molecule has 2 unspecified atom stereocenters. The van der Waals surface area contributed by atoms with Crippen LogP contribution < -0.4 is 14.5 Å². The quantitative estimate of drug-likeness (QED) is 0.163. The van der Waals surface area contributed by atoms with E-state index in [0.29, 0.717) is 5.92 Å². The van der Waals surface area contributed by atoms with Crippen LogP contribution in [0, 0.1) is 5.41 Å². The van der Waals surface area contributed by atoms with Crippen LogP contribution in [0.1, 0.15) is 48.6 Å². The van der Waals surface area contributed by atoms with E-state index in [2.05, 4.69) is 180 Å². The van der Waals surface area contributed by atoms with Crippen LogP contribution >= 0.6 is 0 Å². The highest BCUT2D eigenvalue weighted by molar-refractivity contribution is 6.05. The Labute approximate surface area is 329 Å². The van der Waals surface area contributed by atoms with E-state index in [1.54, 1.807) is 0 Å². The van der Waals surface area contributed by atoms with Crippen molar-refractivity contribution in [1.82, 2.24) is 4.57 Å². The molecule has 0 bridgehead atoms. The molecule has 0 spiro atoms. The summed E-state index contributed by atoms with van der Waals surface area (Å²) in [5, 5.41) is 1.25. The third-order valence-corrected chi connectivity index (χ3v) is 11.7. The van der Waals surface area contributed by atoms with Crippen molar-refractivity contribution in [3.63, 3.8) is 0 Å². The van der Waals surface area contributed by atoms with Crippen LogP contribution in [0.4, 0.5) is 28.4 Å². The molecular weight excluding hydrogens is 683 g/mol. The Morgan fingerprint density at radius 3 is 2.48 bits per heavy atom. The molecule has 10 rings (SSSR count). The number of nitrogens with zero attached hydrogens (tertiary/aromatic N) is 3. The van der Waals surface area contributed by atoms with E-state index in [1.165, 1.54) is 39.0 Å². The molecule has 0 fully saturated rings. The summed E-state index contributed by atoms with van der Waals surface area (Å²) < 4.78 is 8.80. The maximum Gasteiger partial charge on any atom is 0.151 e. The number of allylic oxidation sites excluding steroid dienone is 9. The lowest BCUT2D eigenvalue weighted by Crippen LogP contribution is -2.24. The lowest BCUT2D eigenvalue weighted by Gasteiger charge is -2.37. The highest BCUT2D eigenvalue weighted by Gasteiger charge is 2.35. The Balaban J connectivity index is 1.12. The van der Waals surface area contributed by atoms with Crippen LogP contribution in [0.5, 0.6) is 5.75 Å². The highest BCUT2D eigenvalue weighted by atomic mass is 16.5. The van der Waals surface area contributed by atoms with Gasteiger partial charge < -0.3 is 19.1 Å². The van der Waals surface area contributed by atoms with Crippen LogP contribution in [-0.4, -0.2) is 4.57 Å². The van der Waals surface area contributed by atoms with Crippen LogP contribution in [0.25, 0.3) is 28.7 Å². The van der Waals surface area contributed by atoms with Gasteiger partial charge >= 0.3 is 0 Å². The molecule has 0 amide bonds. The Kier molecular flexibility index (Phi) is 8.14. The van der Waals surface area contributed by atoms with Crippen molar-refractivity contribution in [2.45, 2.75) is 32.6 Å². The molecular formula is C52H43N3O. The van der Waals surface area contributed by atoms with Crippen molar-refractivity contribution in [3.05, 3.63) is 210 Å². The summed E-state index contributed by atoms with van der Waals surface area (Å²) in [5.41, 5.74) is 14.0. The van der Waals surface area contributed by atoms with E-state index in [9.17, 15) is 0 Å². The number of fused-ring (bicyclic) bond motifs is 7. The van der Waals surface area contributed by atoms with Gasteiger partial charge in [-0.05, 0) is 116 Å². The van der Waals surface area contributed by atoms with Gasteiger partial charge in [0.2, 0.25) is 0 Å². The van der Waals surface area contributed by atoms with Crippen molar-refractivity contribution < 1.29 is 4.74 Å². The second-order valence-corrected chi connectivity index (χ2v) is 15.1. The third kappa shape index (κ3) is 5.36. The molecule has 2 heterocycles. The standard InChI is InChI=1S/C52H43N3O/c1-4-16-49-44(5-2)54(46-22-11-12-25-50(46)56-49)38-26-28-39(29-27-38)55-45-21-10-9-19-42(45)51-47(23-15-24-48(51)55)53(37-17-7-6-8-18-37)40-30-31-41-36(35-40)32-34-52(3)33-14-13-20-43(41)52/h4-9,11-20,22-35,43H,2,10,21H2,1,3H3/b16-4-. The number of ether oxygens (including phenoxy) is 1. The minimum absolute atomic E-state index is 0.00679. The fourth-order valence-electron chi connectivity index (χ4n) is 9.11. The van der Waals surface area contributed by atoms with Gasteiger partial charge in [-0.1, -0.05) is 111 Å². The van der Waals surface area contributed by atoms with Crippen molar-refractivity contribution in [2.75, 3.05) is 9.80 Å². The minimum atomic E-state index is -0.00679. The molecule has 56 heavy (non-hydrogen) atoms. The summed E-state index contributed by atoms with van der Waals surface area (Å²) in [4.78, 5) is 4.68. The van der Waals surface area contributed by atoms with E-state index >= 15 is 0 Å². The zero-order valence-corrected chi connectivity index (χ0v) is 31.8. The fourth-order valence-corrected chi connectivity index (χ4v) is 9.11. The highest BCUT2D eigenvalue weighted by Crippen LogP contribution is 2.50. The molecule has 3 aliphatic carbocycles. The van der Waals surface area contributed by atoms with Gasteiger partial charge in [0.25, 0.3) is 0 Å². The molecule has 5 aromatic carbocycles. The zero-order valence-electron chi connectivity index (χ0n) is 31.8. The SMILES string of the molecule is C=CC1=C(/C=C\C)Oc2ccccc2N1c1ccc(-n2c3c(c4c(N(c5ccccc5)c5ccc6c(c5)C=CC5(C)C=CC=CC65)cccc42)C=CCC3)cc1. The summed E-state index contributed by atoms with van der Waals surface area (Å²) in [6, 6.07) is 41.7. The first-order valence-corrected chi connectivity index (χ1v) is 19.6. The summed E-state index contributed by atoms with van der Waals surface area (Å²) in [5.74, 6) is 1.91. The Hall–Kier alpha value is -6.78. The summed E-state index contributed by atoms with van der Waals surface area (Å²) in [6.45, 7) is 8.51. The predicted molar refractivity (Wildman–Crippen MR) is 235 cm³/mol. The van der Waals surface area contributed by atoms with Crippen LogP contribution in [0.3, 0.4) is 0 Å². The first kappa shape index (κ1) is 33.8. The zero-order chi connectivity index (χ0) is 37.8. The largest absolute Gasteiger partial charge is 0.453 e. The maximum atomic E-state index is 6.32. The topological polar surface area (TPSA) is 20.6 Å². The second kappa shape index (κ2) is 13.5. The monoisotopic (exact) mass is 725 g/mol. The van der Waals surface area contributed by atoms with Gasteiger partial charge in [0.15, 0.2) is 11.5 Å². The van der Waals surface area contributed by atoms with Crippen molar-refractivity contribution in [3.8, 4) is 11.4 Å². The molecule has 1 aromatic heterocycles. The van der Waals surface area contributed by atoms with Gasteiger partial charge in [-0.2, -0.15) is 0 Å². The maximum absolute atomic E-state index is 6.32. The number of hydrogen-bond donors (Lipinski definition) is 0. The first-order chi connectivity index (χ1) is 27.6. The molecule has 4 nitrogen and oxygen atoms in total. The minimum Gasteiger partial charge on any atom is -0.453 e. The number of hydrogen-bond acceptors (Lipinski definition) is 3. The summed E-state index contributed by atoms with van der Waals surface area (Å²) in [7, 11) is 0. The summed E-state index contributed by atoms with van der Waals surface area (Å²) >= 11 is 0. The number of para-hydroxylation sites is 3. The van der Waals surface area contributed by atoms with E-state index in [4.69, 9.17) is 4.74 Å². The molecule has 0 radical (unpaired) electrons. The van der Waals surface area contributed by atoms with Gasteiger partial charge in [-0.25, -0.2) is 0 Å². The van der Waals surface area contributed by atoms with Crippen LogP contribution in [0.15, 0.2) is 188 Å². The number of anilines is 5. The van der Waals surface area contributed by atoms with Gasteiger partial charge in [0.1, 0.15) is 0 Å². The smallest absolute Gasteiger partial charge is 0.151 e. The lowest BCUT2D eigenvalue weighted by molar-refractivity contribution is 0.431. The van der Waals surface area contributed by atoms with Gasteiger partial charge in [0, 0.05) is 50.7 Å². The number of aromatic nitrogens is 1. The molecule has 0 saturated heterocycles. The third-order valence-electron chi connectivity index (χ3n) is 11.7. The molecule has 4 heteroatoms. The second-order valence-electron chi connectivity index (χ2n) is 15.1. The van der Waals surface area contributed by atoms with Gasteiger partial charge in [0.05, 0.1) is 22.6 Å². The number of benzene rings is 5. The van der Waals surface area contributed by atoms with Crippen LogP contribution in [-0.2, 0) is 6.42 Å². The number of rotatable bonds is 7. The molecule has 1 aliphatic heterocycles. The fraction of sp³-hybridized carbons (Fsp3) is 0.115. The molecule has 4 aliphatic rings. The van der Waals surface area contributed by atoms with Gasteiger partial charge in [-0.15, -0.1) is 0 Å². The van der Waals surface area contributed by atoms with Crippen molar-refractivity contribution in [1.29, 1.82) is 0 Å². The first-order valence-electron chi connectivity index (χ1n) is 19.6. The molecule has 0 saturated carbocycles. The average Bonchev–Trinajstić information content (AvgIpc) is 3.58. The molecule has 2 atom stereocenters. The van der Waals surface area contributed by atoms with E-state index in [-0.39, 0.29) is 5.41 Å².